The third-order valence-corrected chi connectivity index (χ3v) is 3.01. The zero-order valence-electron chi connectivity index (χ0n) is 8.90. The number of hydrogen-bond acceptors (Lipinski definition) is 3. The number of hydrogen-bond donors (Lipinski definition) is 1. The molecule has 1 aliphatic carbocycles. The molecule has 1 aromatic rings. The molecule has 1 aromatic carbocycles. The minimum absolute atomic E-state index is 0.226. The molecule has 0 saturated heterocycles. The van der Waals surface area contributed by atoms with E-state index in [2.05, 4.69) is 0 Å². The van der Waals surface area contributed by atoms with Gasteiger partial charge in [-0.15, -0.1) is 0 Å². The Labute approximate surface area is 92.8 Å². The van der Waals surface area contributed by atoms with Crippen molar-refractivity contribution in [3.05, 3.63) is 35.4 Å². The first kappa shape index (κ1) is 10.7. The molecule has 1 aliphatic rings. The highest BCUT2D eigenvalue weighted by Gasteiger charge is 2.52. The van der Waals surface area contributed by atoms with Crippen LogP contribution in [-0.2, 0) is 14.9 Å². The summed E-state index contributed by atoms with van der Waals surface area (Å²) in [6, 6.07) is 6.40. The smallest absolute Gasteiger partial charge is 0.335 e. The van der Waals surface area contributed by atoms with E-state index in [1.54, 1.807) is 12.1 Å². The van der Waals surface area contributed by atoms with Crippen LogP contribution >= 0.6 is 0 Å². The molecule has 2 rings (SSSR count). The van der Waals surface area contributed by atoms with Crippen LogP contribution in [0.25, 0.3) is 0 Å². The maximum atomic E-state index is 11.6. The molecule has 1 saturated carbocycles. The Morgan fingerprint density at radius 3 is 2.19 bits per heavy atom. The molecule has 0 amide bonds. The molecule has 0 aromatic heterocycles. The molecule has 1 fully saturated rings. The number of ether oxygens (including phenoxy) is 1. The first-order valence-corrected chi connectivity index (χ1v) is 5.02. The molecule has 16 heavy (non-hydrogen) atoms. The van der Waals surface area contributed by atoms with Gasteiger partial charge in [0.2, 0.25) is 0 Å². The molecule has 0 radical (unpaired) electrons. The van der Waals surface area contributed by atoms with Gasteiger partial charge < -0.3 is 9.84 Å². The van der Waals surface area contributed by atoms with Gasteiger partial charge in [-0.25, -0.2) is 4.79 Å². The van der Waals surface area contributed by atoms with Gasteiger partial charge >= 0.3 is 11.9 Å². The van der Waals surface area contributed by atoms with Crippen LogP contribution < -0.4 is 0 Å². The molecule has 0 aliphatic heterocycles. The lowest BCUT2D eigenvalue weighted by molar-refractivity contribution is -0.143. The summed E-state index contributed by atoms with van der Waals surface area (Å²) in [5, 5.41) is 8.76. The van der Waals surface area contributed by atoms with Crippen LogP contribution in [0, 0.1) is 0 Å². The van der Waals surface area contributed by atoms with Crippen molar-refractivity contribution in [1.29, 1.82) is 0 Å². The summed E-state index contributed by atoms with van der Waals surface area (Å²) in [7, 11) is 1.37. The molecule has 0 spiro atoms. The SMILES string of the molecule is COC(=O)C1(c2ccc(C(=O)O)cc2)CC1. The highest BCUT2D eigenvalue weighted by molar-refractivity contribution is 5.89. The summed E-state index contributed by atoms with van der Waals surface area (Å²) >= 11 is 0. The second-order valence-electron chi connectivity index (χ2n) is 3.96. The van der Waals surface area contributed by atoms with Crippen molar-refractivity contribution >= 4 is 11.9 Å². The number of carboxylic acid groups (broad SMARTS) is 1. The number of rotatable bonds is 3. The third kappa shape index (κ3) is 1.56. The number of methoxy groups -OCH3 is 1. The van der Waals surface area contributed by atoms with E-state index in [1.807, 2.05) is 0 Å². The van der Waals surface area contributed by atoms with Gasteiger partial charge in [-0.05, 0) is 30.5 Å². The number of benzene rings is 1. The predicted molar refractivity (Wildman–Crippen MR) is 56.3 cm³/mol. The molecule has 0 atom stereocenters. The second kappa shape index (κ2) is 3.63. The summed E-state index contributed by atoms with van der Waals surface area (Å²) in [6.45, 7) is 0. The Balaban J connectivity index is 2.29. The number of carbonyl (C=O) groups is 2. The van der Waals surface area contributed by atoms with Crippen LogP contribution in [0.15, 0.2) is 24.3 Å². The average molecular weight is 220 g/mol. The summed E-state index contributed by atoms with van der Waals surface area (Å²) in [5.74, 6) is -1.20. The van der Waals surface area contributed by atoms with E-state index in [9.17, 15) is 9.59 Å². The highest BCUT2D eigenvalue weighted by Crippen LogP contribution is 2.49. The summed E-state index contributed by atoms with van der Waals surface area (Å²) in [5.41, 5.74) is 0.542. The van der Waals surface area contributed by atoms with Crippen molar-refractivity contribution in [3.63, 3.8) is 0 Å². The van der Waals surface area contributed by atoms with Crippen LogP contribution in [0.1, 0.15) is 28.8 Å². The molecule has 4 nitrogen and oxygen atoms in total. The molecule has 0 unspecified atom stereocenters. The van der Waals surface area contributed by atoms with Crippen LogP contribution in [-0.4, -0.2) is 24.2 Å². The van der Waals surface area contributed by atoms with E-state index in [1.165, 1.54) is 19.2 Å². The van der Waals surface area contributed by atoms with E-state index in [4.69, 9.17) is 9.84 Å². The van der Waals surface area contributed by atoms with Crippen LogP contribution in [0.5, 0.6) is 0 Å². The largest absolute Gasteiger partial charge is 0.478 e. The normalized spacial score (nSPS) is 16.6. The number of carboxylic acids is 1. The second-order valence-corrected chi connectivity index (χ2v) is 3.96. The van der Waals surface area contributed by atoms with E-state index in [0.717, 1.165) is 18.4 Å². The van der Waals surface area contributed by atoms with Gasteiger partial charge in [0.1, 0.15) is 0 Å². The standard InChI is InChI=1S/C12H12O4/c1-16-11(15)12(6-7-12)9-4-2-8(3-5-9)10(13)14/h2-5H,6-7H2,1H3,(H,13,14). The average Bonchev–Trinajstić information content (AvgIpc) is 3.09. The first-order valence-electron chi connectivity index (χ1n) is 5.02. The summed E-state index contributed by atoms with van der Waals surface area (Å²) < 4.78 is 4.75. The zero-order chi connectivity index (χ0) is 11.8. The molecule has 0 bridgehead atoms. The van der Waals surface area contributed by atoms with Crippen molar-refractivity contribution in [2.45, 2.75) is 18.3 Å². The molecular formula is C12H12O4. The summed E-state index contributed by atoms with van der Waals surface area (Å²) in [6.07, 6.45) is 1.54. The monoisotopic (exact) mass is 220 g/mol. The van der Waals surface area contributed by atoms with E-state index < -0.39 is 11.4 Å². The van der Waals surface area contributed by atoms with Gasteiger partial charge in [0.15, 0.2) is 0 Å². The number of aromatic carboxylic acids is 1. The fourth-order valence-corrected chi connectivity index (χ4v) is 1.86. The number of esters is 1. The lowest BCUT2D eigenvalue weighted by atomic mass is 9.95. The molecule has 4 heteroatoms. The minimum Gasteiger partial charge on any atom is -0.478 e. The van der Waals surface area contributed by atoms with Gasteiger partial charge in [-0.2, -0.15) is 0 Å². The lowest BCUT2D eigenvalue weighted by Gasteiger charge is -2.12. The summed E-state index contributed by atoms with van der Waals surface area (Å²) in [4.78, 5) is 22.3. The van der Waals surface area contributed by atoms with E-state index in [-0.39, 0.29) is 11.5 Å². The van der Waals surface area contributed by atoms with Gasteiger partial charge in [0.25, 0.3) is 0 Å². The maximum absolute atomic E-state index is 11.6. The molecule has 1 N–H and O–H groups in total. The molecular weight excluding hydrogens is 208 g/mol. The minimum atomic E-state index is -0.963. The molecule has 0 heterocycles. The third-order valence-electron chi connectivity index (χ3n) is 3.01. The Morgan fingerprint density at radius 2 is 1.81 bits per heavy atom. The Morgan fingerprint density at radius 1 is 1.25 bits per heavy atom. The topological polar surface area (TPSA) is 63.6 Å². The molecule has 84 valence electrons. The van der Waals surface area contributed by atoms with Gasteiger partial charge in [0.05, 0.1) is 18.1 Å². The van der Waals surface area contributed by atoms with Crippen molar-refractivity contribution in [1.82, 2.24) is 0 Å². The van der Waals surface area contributed by atoms with Gasteiger partial charge in [0, 0.05) is 0 Å². The van der Waals surface area contributed by atoms with Crippen molar-refractivity contribution in [2.75, 3.05) is 7.11 Å². The zero-order valence-corrected chi connectivity index (χ0v) is 8.90. The van der Waals surface area contributed by atoms with Crippen LogP contribution in [0.2, 0.25) is 0 Å². The highest BCUT2D eigenvalue weighted by atomic mass is 16.5. The van der Waals surface area contributed by atoms with E-state index >= 15 is 0 Å². The van der Waals surface area contributed by atoms with E-state index in [0.29, 0.717) is 0 Å². The lowest BCUT2D eigenvalue weighted by Crippen LogP contribution is -2.21. The quantitative estimate of drug-likeness (QED) is 0.785. The van der Waals surface area contributed by atoms with Crippen molar-refractivity contribution in [2.24, 2.45) is 0 Å². The van der Waals surface area contributed by atoms with Crippen LogP contribution in [0.3, 0.4) is 0 Å². The van der Waals surface area contributed by atoms with Gasteiger partial charge in [-0.3, -0.25) is 4.79 Å². The van der Waals surface area contributed by atoms with Crippen LogP contribution in [0.4, 0.5) is 0 Å². The van der Waals surface area contributed by atoms with Crippen molar-refractivity contribution in [3.8, 4) is 0 Å². The fraction of sp³-hybridized carbons (Fsp3) is 0.333. The predicted octanol–water partition coefficient (Wildman–Crippen LogP) is 1.59. The Hall–Kier alpha value is -1.84. The maximum Gasteiger partial charge on any atom is 0.335 e. The first-order chi connectivity index (χ1) is 7.60. The number of carbonyl (C=O) groups excluding carboxylic acids is 1. The fourth-order valence-electron chi connectivity index (χ4n) is 1.86. The van der Waals surface area contributed by atoms with Crippen molar-refractivity contribution < 1.29 is 19.4 Å². The van der Waals surface area contributed by atoms with Gasteiger partial charge in [-0.1, -0.05) is 12.1 Å². The Bertz CT molecular complexity index is 429. The Kier molecular flexibility index (Phi) is 2.42.